The van der Waals surface area contributed by atoms with Crippen LogP contribution in [0.15, 0.2) is 18.2 Å². The van der Waals surface area contributed by atoms with Gasteiger partial charge >= 0.3 is 0 Å². The molecule has 0 fully saturated rings. The first kappa shape index (κ1) is 14.1. The van der Waals surface area contributed by atoms with Gasteiger partial charge in [-0.1, -0.05) is 13.8 Å². The van der Waals surface area contributed by atoms with Crippen LogP contribution in [0, 0.1) is 23.5 Å². The highest BCUT2D eigenvalue weighted by Gasteiger charge is 2.24. The topological polar surface area (TPSA) is 52.0 Å². The SMILES string of the molecule is CC(c1cc(F)ccc1F)C(C)C(CN)CN. The van der Waals surface area contributed by atoms with Crippen molar-refractivity contribution in [3.05, 3.63) is 35.4 Å². The van der Waals surface area contributed by atoms with Crippen LogP contribution in [0.1, 0.15) is 25.3 Å². The highest BCUT2D eigenvalue weighted by molar-refractivity contribution is 5.23. The third kappa shape index (κ3) is 3.23. The van der Waals surface area contributed by atoms with Gasteiger partial charge in [0.2, 0.25) is 0 Å². The first-order chi connectivity index (χ1) is 8.01. The van der Waals surface area contributed by atoms with Crippen molar-refractivity contribution in [2.75, 3.05) is 13.1 Å². The summed E-state index contributed by atoms with van der Waals surface area (Å²) in [6.45, 7) is 4.76. The average Bonchev–Trinajstić information content (AvgIpc) is 2.32. The zero-order chi connectivity index (χ0) is 13.0. The van der Waals surface area contributed by atoms with Gasteiger partial charge in [0.1, 0.15) is 11.6 Å². The van der Waals surface area contributed by atoms with Crippen LogP contribution in [-0.2, 0) is 0 Å². The summed E-state index contributed by atoms with van der Waals surface area (Å²) >= 11 is 0. The van der Waals surface area contributed by atoms with Gasteiger partial charge in [-0.3, -0.25) is 0 Å². The largest absolute Gasteiger partial charge is 0.330 e. The van der Waals surface area contributed by atoms with E-state index in [9.17, 15) is 8.78 Å². The minimum atomic E-state index is -0.419. The van der Waals surface area contributed by atoms with Gasteiger partial charge in [0.25, 0.3) is 0 Å². The molecule has 4 N–H and O–H groups in total. The summed E-state index contributed by atoms with van der Waals surface area (Å²) in [5.41, 5.74) is 11.6. The molecule has 17 heavy (non-hydrogen) atoms. The van der Waals surface area contributed by atoms with Gasteiger partial charge in [-0.25, -0.2) is 8.78 Å². The zero-order valence-electron chi connectivity index (χ0n) is 10.3. The van der Waals surface area contributed by atoms with Crippen molar-refractivity contribution in [1.29, 1.82) is 0 Å². The van der Waals surface area contributed by atoms with E-state index < -0.39 is 5.82 Å². The van der Waals surface area contributed by atoms with Crippen molar-refractivity contribution >= 4 is 0 Å². The van der Waals surface area contributed by atoms with Crippen molar-refractivity contribution in [1.82, 2.24) is 0 Å². The Bertz CT molecular complexity index is 364. The summed E-state index contributed by atoms with van der Waals surface area (Å²) in [6.07, 6.45) is 0. The predicted molar refractivity (Wildman–Crippen MR) is 65.5 cm³/mol. The molecular formula is C13H20F2N2. The Morgan fingerprint density at radius 3 is 2.24 bits per heavy atom. The summed E-state index contributed by atoms with van der Waals surface area (Å²) in [5, 5.41) is 0. The number of halogens is 2. The first-order valence-corrected chi connectivity index (χ1v) is 5.86. The Morgan fingerprint density at radius 1 is 1.12 bits per heavy atom. The van der Waals surface area contributed by atoms with Gasteiger partial charge in [-0.15, -0.1) is 0 Å². The lowest BCUT2D eigenvalue weighted by atomic mass is 9.80. The normalized spacial score (nSPS) is 15.0. The minimum Gasteiger partial charge on any atom is -0.330 e. The maximum absolute atomic E-state index is 13.6. The molecule has 1 aromatic carbocycles. The van der Waals surface area contributed by atoms with Crippen molar-refractivity contribution in [3.63, 3.8) is 0 Å². The van der Waals surface area contributed by atoms with E-state index in [1.54, 1.807) is 0 Å². The lowest BCUT2D eigenvalue weighted by molar-refractivity contribution is 0.322. The molecule has 96 valence electrons. The van der Waals surface area contributed by atoms with Gasteiger partial charge in [-0.05, 0) is 54.6 Å². The molecule has 0 saturated heterocycles. The van der Waals surface area contributed by atoms with E-state index in [1.807, 2.05) is 13.8 Å². The first-order valence-electron chi connectivity index (χ1n) is 5.86. The van der Waals surface area contributed by atoms with Gasteiger partial charge < -0.3 is 11.5 Å². The fraction of sp³-hybridized carbons (Fsp3) is 0.538. The minimum absolute atomic E-state index is 0.109. The molecule has 0 spiro atoms. The van der Waals surface area contributed by atoms with Crippen molar-refractivity contribution in [2.24, 2.45) is 23.3 Å². The van der Waals surface area contributed by atoms with Crippen LogP contribution in [0.5, 0.6) is 0 Å². The maximum Gasteiger partial charge on any atom is 0.126 e. The fourth-order valence-corrected chi connectivity index (χ4v) is 2.08. The Kier molecular flexibility index (Phi) is 5.02. The van der Waals surface area contributed by atoms with Crippen LogP contribution < -0.4 is 11.5 Å². The summed E-state index contributed by atoms with van der Waals surface area (Å²) in [4.78, 5) is 0. The molecule has 0 saturated carbocycles. The standard InChI is InChI=1S/C13H20F2N2/c1-8(10(6-16)7-17)9(2)12-5-11(14)3-4-13(12)15/h3-5,8-10H,6-7,16-17H2,1-2H3. The second-order valence-electron chi connectivity index (χ2n) is 4.55. The quantitative estimate of drug-likeness (QED) is 0.832. The van der Waals surface area contributed by atoms with Crippen LogP contribution in [0.2, 0.25) is 0 Å². The van der Waals surface area contributed by atoms with E-state index >= 15 is 0 Å². The number of nitrogens with two attached hydrogens (primary N) is 2. The summed E-state index contributed by atoms with van der Waals surface area (Å²) in [5.74, 6) is -0.673. The molecule has 0 aromatic heterocycles. The second kappa shape index (κ2) is 6.07. The monoisotopic (exact) mass is 242 g/mol. The number of hydrogen-bond acceptors (Lipinski definition) is 2. The van der Waals surface area contributed by atoms with Crippen LogP contribution in [0.3, 0.4) is 0 Å². The van der Waals surface area contributed by atoms with Gasteiger partial charge in [0.05, 0.1) is 0 Å². The van der Waals surface area contributed by atoms with E-state index in [-0.39, 0.29) is 23.6 Å². The van der Waals surface area contributed by atoms with Crippen LogP contribution in [-0.4, -0.2) is 13.1 Å². The Hall–Kier alpha value is -1.00. The third-order valence-electron chi connectivity index (χ3n) is 3.59. The maximum atomic E-state index is 13.6. The van der Waals surface area contributed by atoms with Crippen LogP contribution >= 0.6 is 0 Å². The molecule has 2 unspecified atom stereocenters. The van der Waals surface area contributed by atoms with E-state index in [1.165, 1.54) is 6.07 Å². The van der Waals surface area contributed by atoms with E-state index in [2.05, 4.69) is 0 Å². The second-order valence-corrected chi connectivity index (χ2v) is 4.55. The van der Waals surface area contributed by atoms with E-state index in [0.717, 1.165) is 12.1 Å². The number of benzene rings is 1. The Labute approximate surface area is 101 Å². The van der Waals surface area contributed by atoms with E-state index in [4.69, 9.17) is 11.5 Å². The predicted octanol–water partition coefficient (Wildman–Crippen LogP) is 2.24. The lowest BCUT2D eigenvalue weighted by Gasteiger charge is -2.27. The van der Waals surface area contributed by atoms with Crippen LogP contribution in [0.4, 0.5) is 8.78 Å². The van der Waals surface area contributed by atoms with Gasteiger partial charge in [0.15, 0.2) is 0 Å². The third-order valence-corrected chi connectivity index (χ3v) is 3.59. The zero-order valence-corrected chi connectivity index (χ0v) is 10.3. The van der Waals surface area contributed by atoms with Gasteiger partial charge in [-0.2, -0.15) is 0 Å². The number of hydrogen-bond donors (Lipinski definition) is 2. The Balaban J connectivity index is 2.94. The Morgan fingerprint density at radius 2 is 1.71 bits per heavy atom. The molecule has 1 rings (SSSR count). The molecule has 2 atom stereocenters. The molecule has 0 aliphatic carbocycles. The molecule has 0 aliphatic rings. The molecular weight excluding hydrogens is 222 g/mol. The molecule has 4 heteroatoms. The molecule has 0 amide bonds. The fourth-order valence-electron chi connectivity index (χ4n) is 2.08. The molecule has 1 aromatic rings. The number of rotatable bonds is 5. The van der Waals surface area contributed by atoms with Crippen molar-refractivity contribution < 1.29 is 8.78 Å². The smallest absolute Gasteiger partial charge is 0.126 e. The lowest BCUT2D eigenvalue weighted by Crippen LogP contribution is -2.31. The highest BCUT2D eigenvalue weighted by atomic mass is 19.1. The molecule has 0 radical (unpaired) electrons. The summed E-state index contributed by atoms with van der Waals surface area (Å²) in [6, 6.07) is 3.54. The average molecular weight is 242 g/mol. The van der Waals surface area contributed by atoms with Crippen LogP contribution in [0.25, 0.3) is 0 Å². The van der Waals surface area contributed by atoms with Crippen molar-refractivity contribution in [2.45, 2.75) is 19.8 Å². The molecule has 0 bridgehead atoms. The van der Waals surface area contributed by atoms with Gasteiger partial charge in [0, 0.05) is 0 Å². The van der Waals surface area contributed by atoms with Crippen molar-refractivity contribution in [3.8, 4) is 0 Å². The molecule has 0 aliphatic heterocycles. The summed E-state index contributed by atoms with van der Waals surface area (Å²) in [7, 11) is 0. The molecule has 2 nitrogen and oxygen atoms in total. The highest BCUT2D eigenvalue weighted by Crippen LogP contribution is 2.31. The molecule has 0 heterocycles. The summed E-state index contributed by atoms with van der Waals surface area (Å²) < 4.78 is 26.7. The van der Waals surface area contributed by atoms with E-state index in [0.29, 0.717) is 18.7 Å².